The molecule has 1 aromatic heterocycles. The number of nitrogens with one attached hydrogen (secondary N) is 1. The number of imidazole rings is 1. The molecule has 0 atom stereocenters. The highest BCUT2D eigenvalue weighted by atomic mass is 15.0. The molecule has 0 amide bonds. The number of aromatic nitrogens is 2. The van der Waals surface area contributed by atoms with Gasteiger partial charge >= 0.3 is 0 Å². The SMILES string of the molecule is N#Cc1ccc(NCCn2ccnc2)cc1N. The Morgan fingerprint density at radius 1 is 1.47 bits per heavy atom. The van der Waals surface area contributed by atoms with Crippen LogP contribution in [0, 0.1) is 11.3 Å². The zero-order chi connectivity index (χ0) is 12.1. The summed E-state index contributed by atoms with van der Waals surface area (Å²) in [6, 6.07) is 7.37. The molecule has 1 aromatic carbocycles. The van der Waals surface area contributed by atoms with Crippen LogP contribution >= 0.6 is 0 Å². The van der Waals surface area contributed by atoms with Gasteiger partial charge in [-0.2, -0.15) is 5.26 Å². The van der Waals surface area contributed by atoms with Crippen LogP contribution < -0.4 is 11.1 Å². The summed E-state index contributed by atoms with van der Waals surface area (Å²) in [6.45, 7) is 1.61. The summed E-state index contributed by atoms with van der Waals surface area (Å²) in [4.78, 5) is 3.96. The Labute approximate surface area is 99.5 Å². The minimum Gasteiger partial charge on any atom is -0.398 e. The Morgan fingerprint density at radius 3 is 3.00 bits per heavy atom. The Balaban J connectivity index is 1.91. The number of nitrogens with two attached hydrogens (primary N) is 1. The Hall–Kier alpha value is -2.48. The Morgan fingerprint density at radius 2 is 2.35 bits per heavy atom. The van der Waals surface area contributed by atoms with E-state index < -0.39 is 0 Å². The summed E-state index contributed by atoms with van der Waals surface area (Å²) < 4.78 is 1.99. The summed E-state index contributed by atoms with van der Waals surface area (Å²) in [7, 11) is 0. The Bertz CT molecular complexity index is 524. The van der Waals surface area contributed by atoms with E-state index >= 15 is 0 Å². The van der Waals surface area contributed by atoms with E-state index in [1.165, 1.54) is 0 Å². The molecule has 0 aliphatic carbocycles. The molecule has 0 bridgehead atoms. The smallest absolute Gasteiger partial charge is 0.101 e. The van der Waals surface area contributed by atoms with E-state index in [1.54, 1.807) is 24.7 Å². The predicted molar refractivity (Wildman–Crippen MR) is 66.3 cm³/mol. The minimum atomic E-state index is 0.500. The second-order valence-corrected chi connectivity index (χ2v) is 3.64. The van der Waals surface area contributed by atoms with Crippen LogP contribution in [0.15, 0.2) is 36.9 Å². The van der Waals surface area contributed by atoms with Crippen LogP contribution in [0.5, 0.6) is 0 Å². The number of benzene rings is 1. The van der Waals surface area contributed by atoms with E-state index in [-0.39, 0.29) is 0 Å². The monoisotopic (exact) mass is 227 g/mol. The van der Waals surface area contributed by atoms with Crippen molar-refractivity contribution in [2.75, 3.05) is 17.6 Å². The minimum absolute atomic E-state index is 0.500. The van der Waals surface area contributed by atoms with Crippen molar-refractivity contribution >= 4 is 11.4 Å². The molecule has 2 aromatic rings. The number of nitrogens with zero attached hydrogens (tertiary/aromatic N) is 3. The van der Waals surface area contributed by atoms with Gasteiger partial charge < -0.3 is 15.6 Å². The van der Waals surface area contributed by atoms with E-state index in [0.717, 1.165) is 18.8 Å². The lowest BCUT2D eigenvalue weighted by Gasteiger charge is -2.08. The zero-order valence-electron chi connectivity index (χ0n) is 9.30. The zero-order valence-corrected chi connectivity index (χ0v) is 9.30. The van der Waals surface area contributed by atoms with Crippen LogP contribution in [0.4, 0.5) is 11.4 Å². The van der Waals surface area contributed by atoms with Crippen molar-refractivity contribution in [1.29, 1.82) is 5.26 Å². The molecule has 5 heteroatoms. The first-order valence-corrected chi connectivity index (χ1v) is 5.29. The van der Waals surface area contributed by atoms with E-state index in [4.69, 9.17) is 11.0 Å². The molecule has 1 heterocycles. The van der Waals surface area contributed by atoms with Gasteiger partial charge in [0, 0.05) is 31.2 Å². The first-order valence-electron chi connectivity index (χ1n) is 5.29. The molecule has 0 radical (unpaired) electrons. The van der Waals surface area contributed by atoms with E-state index in [0.29, 0.717) is 11.3 Å². The first-order chi connectivity index (χ1) is 8.29. The van der Waals surface area contributed by atoms with Crippen LogP contribution in [-0.4, -0.2) is 16.1 Å². The fraction of sp³-hybridized carbons (Fsp3) is 0.167. The van der Waals surface area contributed by atoms with Crippen molar-refractivity contribution in [1.82, 2.24) is 9.55 Å². The van der Waals surface area contributed by atoms with Crippen LogP contribution in [0.3, 0.4) is 0 Å². The largest absolute Gasteiger partial charge is 0.398 e. The maximum atomic E-state index is 8.75. The van der Waals surface area contributed by atoms with Gasteiger partial charge in [0.05, 0.1) is 17.6 Å². The summed E-state index contributed by atoms with van der Waals surface area (Å²) in [5.41, 5.74) is 7.64. The highest BCUT2D eigenvalue weighted by Crippen LogP contribution is 2.16. The summed E-state index contributed by atoms with van der Waals surface area (Å²) in [6.07, 6.45) is 5.43. The van der Waals surface area contributed by atoms with Crippen LogP contribution in [0.1, 0.15) is 5.56 Å². The van der Waals surface area contributed by atoms with Gasteiger partial charge in [-0.3, -0.25) is 0 Å². The average molecular weight is 227 g/mol. The second-order valence-electron chi connectivity index (χ2n) is 3.64. The van der Waals surface area contributed by atoms with Crippen molar-refractivity contribution < 1.29 is 0 Å². The van der Waals surface area contributed by atoms with E-state index in [9.17, 15) is 0 Å². The standard InChI is InChI=1S/C12H13N5/c13-8-10-1-2-11(7-12(10)14)16-4-6-17-5-3-15-9-17/h1-3,5,7,9,16H,4,6,14H2. The third kappa shape index (κ3) is 2.75. The third-order valence-electron chi connectivity index (χ3n) is 2.43. The molecule has 3 N–H and O–H groups in total. The van der Waals surface area contributed by atoms with Crippen molar-refractivity contribution in [3.8, 4) is 6.07 Å². The predicted octanol–water partition coefficient (Wildman–Crippen LogP) is 1.45. The highest BCUT2D eigenvalue weighted by Gasteiger charge is 1.99. The third-order valence-corrected chi connectivity index (χ3v) is 2.43. The first kappa shape index (κ1) is 11.0. The molecule has 0 saturated carbocycles. The number of rotatable bonds is 4. The number of nitriles is 1. The highest BCUT2D eigenvalue weighted by molar-refractivity contribution is 5.62. The summed E-state index contributed by atoms with van der Waals surface area (Å²) in [5.74, 6) is 0. The lowest BCUT2D eigenvalue weighted by molar-refractivity contribution is 0.727. The fourth-order valence-corrected chi connectivity index (χ4v) is 1.52. The number of anilines is 2. The topological polar surface area (TPSA) is 79.7 Å². The van der Waals surface area contributed by atoms with Gasteiger partial charge in [0.15, 0.2) is 0 Å². The van der Waals surface area contributed by atoms with Gasteiger partial charge in [0.25, 0.3) is 0 Å². The lowest BCUT2D eigenvalue weighted by Crippen LogP contribution is -2.09. The van der Waals surface area contributed by atoms with Gasteiger partial charge in [-0.25, -0.2) is 4.98 Å². The maximum Gasteiger partial charge on any atom is 0.101 e. The molecule has 0 unspecified atom stereocenters. The molecular formula is C12H13N5. The molecule has 86 valence electrons. The van der Waals surface area contributed by atoms with Gasteiger partial charge in [-0.1, -0.05) is 0 Å². The van der Waals surface area contributed by atoms with E-state index in [2.05, 4.69) is 10.3 Å². The van der Waals surface area contributed by atoms with Crippen molar-refractivity contribution in [2.24, 2.45) is 0 Å². The van der Waals surface area contributed by atoms with Gasteiger partial charge in [0.2, 0.25) is 0 Å². The molecule has 5 nitrogen and oxygen atoms in total. The van der Waals surface area contributed by atoms with Gasteiger partial charge in [0.1, 0.15) is 6.07 Å². The second kappa shape index (κ2) is 5.03. The fourth-order valence-electron chi connectivity index (χ4n) is 1.52. The van der Waals surface area contributed by atoms with Crippen molar-refractivity contribution in [3.05, 3.63) is 42.5 Å². The molecule has 0 saturated heterocycles. The quantitative estimate of drug-likeness (QED) is 0.775. The summed E-state index contributed by atoms with van der Waals surface area (Å²) >= 11 is 0. The molecular weight excluding hydrogens is 214 g/mol. The lowest BCUT2D eigenvalue weighted by atomic mass is 10.2. The van der Waals surface area contributed by atoms with Gasteiger partial charge in [-0.05, 0) is 18.2 Å². The normalized spacial score (nSPS) is 9.82. The number of nitrogen functional groups attached to an aromatic ring is 1. The van der Waals surface area contributed by atoms with Crippen LogP contribution in [0.2, 0.25) is 0 Å². The van der Waals surface area contributed by atoms with Crippen molar-refractivity contribution in [3.63, 3.8) is 0 Å². The van der Waals surface area contributed by atoms with Crippen molar-refractivity contribution in [2.45, 2.75) is 6.54 Å². The van der Waals surface area contributed by atoms with Gasteiger partial charge in [-0.15, -0.1) is 0 Å². The molecule has 0 spiro atoms. The molecule has 17 heavy (non-hydrogen) atoms. The molecule has 0 aliphatic heterocycles. The molecule has 0 aliphatic rings. The number of hydrogen-bond acceptors (Lipinski definition) is 4. The maximum absolute atomic E-state index is 8.75. The average Bonchev–Trinajstić information content (AvgIpc) is 2.82. The summed E-state index contributed by atoms with van der Waals surface area (Å²) in [5, 5.41) is 12.0. The Kier molecular flexibility index (Phi) is 3.26. The van der Waals surface area contributed by atoms with Crippen LogP contribution in [0.25, 0.3) is 0 Å². The van der Waals surface area contributed by atoms with E-state index in [1.807, 2.05) is 22.9 Å². The molecule has 0 fully saturated rings. The van der Waals surface area contributed by atoms with Crippen LogP contribution in [-0.2, 0) is 6.54 Å². The number of hydrogen-bond donors (Lipinski definition) is 2. The molecule has 2 rings (SSSR count).